The van der Waals surface area contributed by atoms with Crippen LogP contribution in [0.5, 0.6) is 0 Å². The van der Waals surface area contributed by atoms with Crippen LogP contribution >= 0.6 is 0 Å². The van der Waals surface area contributed by atoms with Crippen LogP contribution in [0, 0.1) is 5.92 Å². The molecule has 1 aromatic heterocycles. The number of rotatable bonds is 3. The molecule has 0 radical (unpaired) electrons. The van der Waals surface area contributed by atoms with Gasteiger partial charge in [0.15, 0.2) is 0 Å². The number of piperidine rings is 1. The number of fused-ring (bicyclic) bond motifs is 1. The number of aromatic nitrogens is 2. The molecule has 5 heteroatoms. The van der Waals surface area contributed by atoms with Crippen molar-refractivity contribution in [3.8, 4) is 11.3 Å². The molecule has 136 valence electrons. The second kappa shape index (κ2) is 7.06. The highest BCUT2D eigenvalue weighted by atomic mass is 16.2. The quantitative estimate of drug-likeness (QED) is 0.793. The van der Waals surface area contributed by atoms with E-state index in [1.54, 1.807) is 23.0 Å². The van der Waals surface area contributed by atoms with Crippen molar-refractivity contribution in [3.05, 3.63) is 41.6 Å². The van der Waals surface area contributed by atoms with Crippen LogP contribution in [-0.4, -0.2) is 39.5 Å². The Kier molecular flexibility index (Phi) is 4.62. The lowest BCUT2D eigenvalue weighted by Crippen LogP contribution is -2.49. The number of hydrogen-bond donors (Lipinski definition) is 0. The van der Waals surface area contributed by atoms with E-state index < -0.39 is 0 Å². The molecule has 1 saturated carbocycles. The molecule has 2 atom stereocenters. The Bertz CT molecular complexity index is 807. The smallest absolute Gasteiger partial charge is 0.257 e. The zero-order chi connectivity index (χ0) is 18.1. The summed E-state index contributed by atoms with van der Waals surface area (Å²) in [6.45, 7) is 0.846. The van der Waals surface area contributed by atoms with Crippen LogP contribution in [0.3, 0.4) is 0 Å². The Hall–Kier alpha value is -2.43. The summed E-state index contributed by atoms with van der Waals surface area (Å²) in [5.74, 6) is 0.762. The van der Waals surface area contributed by atoms with Crippen molar-refractivity contribution in [1.29, 1.82) is 0 Å². The number of hydrogen-bond acceptors (Lipinski definition) is 3. The summed E-state index contributed by atoms with van der Waals surface area (Å²) in [4.78, 5) is 26.4. The first-order chi connectivity index (χ1) is 12.7. The van der Waals surface area contributed by atoms with Crippen LogP contribution < -0.4 is 0 Å². The van der Waals surface area contributed by atoms with Crippen LogP contribution in [0.25, 0.3) is 11.3 Å². The first-order valence-corrected chi connectivity index (χ1v) is 9.57. The van der Waals surface area contributed by atoms with Crippen molar-refractivity contribution in [2.24, 2.45) is 13.0 Å². The summed E-state index contributed by atoms with van der Waals surface area (Å²) >= 11 is 0. The van der Waals surface area contributed by atoms with Crippen molar-refractivity contribution in [2.75, 3.05) is 6.54 Å². The van der Waals surface area contributed by atoms with Crippen LogP contribution in [0.1, 0.15) is 59.2 Å². The summed E-state index contributed by atoms with van der Waals surface area (Å²) in [5.41, 5.74) is 3.03. The standard InChI is InChI=1S/C21H25N3O2/c1-23-20(17-10-8-15(14-25)9-11-17)18(13-22-23)21(26)24-12-4-6-16-5-2-3-7-19(16)24/h8-11,13-14,16,19H,2-7,12H2,1H3. The molecule has 2 aliphatic rings. The van der Waals surface area contributed by atoms with E-state index in [0.29, 0.717) is 23.1 Å². The lowest BCUT2D eigenvalue weighted by atomic mass is 9.78. The van der Waals surface area contributed by atoms with Gasteiger partial charge in [0, 0.05) is 30.8 Å². The Balaban J connectivity index is 1.67. The van der Waals surface area contributed by atoms with Gasteiger partial charge >= 0.3 is 0 Å². The van der Waals surface area contributed by atoms with Crippen LogP contribution in [0.2, 0.25) is 0 Å². The zero-order valence-electron chi connectivity index (χ0n) is 15.2. The van der Waals surface area contributed by atoms with Crippen molar-refractivity contribution in [1.82, 2.24) is 14.7 Å². The Labute approximate surface area is 154 Å². The molecule has 1 aliphatic heterocycles. The lowest BCUT2D eigenvalue weighted by Gasteiger charge is -2.44. The van der Waals surface area contributed by atoms with E-state index in [4.69, 9.17) is 0 Å². The molecule has 0 bridgehead atoms. The highest BCUT2D eigenvalue weighted by molar-refractivity contribution is 6.00. The maximum absolute atomic E-state index is 13.4. The minimum absolute atomic E-state index is 0.101. The third-order valence-electron chi connectivity index (χ3n) is 5.99. The first-order valence-electron chi connectivity index (χ1n) is 9.57. The average Bonchev–Trinajstić information content (AvgIpc) is 3.08. The van der Waals surface area contributed by atoms with Gasteiger partial charge in [0.25, 0.3) is 5.91 Å². The number of carbonyl (C=O) groups excluding carboxylic acids is 2. The van der Waals surface area contributed by atoms with E-state index in [2.05, 4.69) is 10.00 Å². The monoisotopic (exact) mass is 351 g/mol. The van der Waals surface area contributed by atoms with Crippen LogP contribution in [-0.2, 0) is 7.05 Å². The fraction of sp³-hybridized carbons (Fsp3) is 0.476. The molecule has 26 heavy (non-hydrogen) atoms. The van der Waals surface area contributed by atoms with Gasteiger partial charge in [-0.3, -0.25) is 14.3 Å². The van der Waals surface area contributed by atoms with E-state index in [0.717, 1.165) is 36.9 Å². The molecule has 1 amide bonds. The lowest BCUT2D eigenvalue weighted by molar-refractivity contribution is 0.0391. The van der Waals surface area contributed by atoms with Gasteiger partial charge in [0.2, 0.25) is 0 Å². The van der Waals surface area contributed by atoms with Gasteiger partial charge in [-0.1, -0.05) is 37.1 Å². The Morgan fingerprint density at radius 3 is 2.62 bits per heavy atom. The molecule has 1 aromatic carbocycles. The number of likely N-dealkylation sites (tertiary alicyclic amines) is 1. The SMILES string of the molecule is Cn1ncc(C(=O)N2CCCC3CCCCC32)c1-c1ccc(C=O)cc1. The fourth-order valence-corrected chi connectivity index (χ4v) is 4.69. The van der Waals surface area contributed by atoms with Gasteiger partial charge in [-0.05, 0) is 31.6 Å². The number of benzene rings is 1. The molecule has 2 fully saturated rings. The van der Waals surface area contributed by atoms with Crippen molar-refractivity contribution in [3.63, 3.8) is 0 Å². The van der Waals surface area contributed by atoms with E-state index >= 15 is 0 Å². The number of nitrogens with zero attached hydrogens (tertiary/aromatic N) is 3. The average molecular weight is 351 g/mol. The number of aldehydes is 1. The van der Waals surface area contributed by atoms with Crippen molar-refractivity contribution in [2.45, 2.75) is 44.6 Å². The maximum atomic E-state index is 13.4. The van der Waals surface area contributed by atoms with E-state index in [-0.39, 0.29) is 5.91 Å². The third-order valence-corrected chi connectivity index (χ3v) is 5.99. The van der Waals surface area contributed by atoms with Gasteiger partial charge < -0.3 is 4.90 Å². The maximum Gasteiger partial charge on any atom is 0.257 e. The van der Waals surface area contributed by atoms with Crippen LogP contribution in [0.15, 0.2) is 30.5 Å². The molecule has 5 nitrogen and oxygen atoms in total. The highest BCUT2D eigenvalue weighted by Gasteiger charge is 2.37. The molecule has 0 spiro atoms. The van der Waals surface area contributed by atoms with E-state index in [1.807, 2.05) is 19.2 Å². The molecule has 4 rings (SSSR count). The largest absolute Gasteiger partial charge is 0.335 e. The van der Waals surface area contributed by atoms with Gasteiger partial charge in [0.05, 0.1) is 17.5 Å². The topological polar surface area (TPSA) is 55.2 Å². The Morgan fingerprint density at radius 2 is 1.85 bits per heavy atom. The predicted molar refractivity (Wildman–Crippen MR) is 100 cm³/mol. The molecule has 2 aromatic rings. The molecule has 0 N–H and O–H groups in total. The second-order valence-electron chi connectivity index (χ2n) is 7.52. The fourth-order valence-electron chi connectivity index (χ4n) is 4.69. The summed E-state index contributed by atoms with van der Waals surface area (Å²) < 4.78 is 1.76. The van der Waals surface area contributed by atoms with Crippen molar-refractivity contribution >= 4 is 12.2 Å². The third kappa shape index (κ3) is 2.96. The van der Waals surface area contributed by atoms with Gasteiger partial charge in [-0.25, -0.2) is 0 Å². The number of carbonyl (C=O) groups is 2. The molecule has 2 unspecified atom stereocenters. The molecular weight excluding hydrogens is 326 g/mol. The Morgan fingerprint density at radius 1 is 1.12 bits per heavy atom. The molecule has 1 aliphatic carbocycles. The van der Waals surface area contributed by atoms with Crippen LogP contribution in [0.4, 0.5) is 0 Å². The van der Waals surface area contributed by atoms with Gasteiger partial charge in [-0.15, -0.1) is 0 Å². The van der Waals surface area contributed by atoms with Gasteiger partial charge in [0.1, 0.15) is 6.29 Å². The minimum atomic E-state index is 0.101. The first kappa shape index (κ1) is 17.0. The molecule has 1 saturated heterocycles. The molecular formula is C21H25N3O2. The second-order valence-corrected chi connectivity index (χ2v) is 7.52. The normalized spacial score (nSPS) is 22.7. The summed E-state index contributed by atoms with van der Waals surface area (Å²) in [6.07, 6.45) is 9.76. The van der Waals surface area contributed by atoms with Crippen molar-refractivity contribution < 1.29 is 9.59 Å². The van der Waals surface area contributed by atoms with E-state index in [1.165, 1.54) is 25.7 Å². The molecule has 2 heterocycles. The number of amides is 1. The van der Waals surface area contributed by atoms with Gasteiger partial charge in [-0.2, -0.15) is 5.10 Å². The zero-order valence-corrected chi connectivity index (χ0v) is 15.2. The highest BCUT2D eigenvalue weighted by Crippen LogP contribution is 2.36. The number of aryl methyl sites for hydroxylation is 1. The predicted octanol–water partition coefficient (Wildman–Crippen LogP) is 3.69. The summed E-state index contributed by atoms with van der Waals surface area (Å²) in [5, 5.41) is 4.36. The van der Waals surface area contributed by atoms with E-state index in [9.17, 15) is 9.59 Å². The minimum Gasteiger partial charge on any atom is -0.335 e. The summed E-state index contributed by atoms with van der Waals surface area (Å²) in [6, 6.07) is 7.72. The summed E-state index contributed by atoms with van der Waals surface area (Å²) in [7, 11) is 1.86.